The van der Waals surface area contributed by atoms with E-state index in [1.807, 2.05) is 0 Å². The van der Waals surface area contributed by atoms with E-state index in [-0.39, 0.29) is 5.56 Å². The molecule has 1 fully saturated rings. The first-order valence-electron chi connectivity index (χ1n) is 5.02. The molecule has 1 aromatic carbocycles. The molecule has 0 aliphatic heterocycles. The van der Waals surface area contributed by atoms with Crippen LogP contribution in [0.25, 0.3) is 0 Å². The molecule has 0 heterocycles. The Balaban J connectivity index is 1.99. The monoisotopic (exact) mass is 213 g/mol. The predicted molar refractivity (Wildman–Crippen MR) is 52.3 cm³/mol. The van der Waals surface area contributed by atoms with Crippen LogP contribution in [0, 0.1) is 11.6 Å². The molecule has 1 saturated carbocycles. The van der Waals surface area contributed by atoms with Crippen LogP contribution in [0.4, 0.5) is 8.78 Å². The van der Waals surface area contributed by atoms with Crippen molar-refractivity contribution in [2.75, 3.05) is 6.54 Å². The minimum Gasteiger partial charge on any atom is -0.387 e. The Morgan fingerprint density at radius 2 is 1.87 bits per heavy atom. The number of aliphatic hydroxyl groups is 1. The summed E-state index contributed by atoms with van der Waals surface area (Å²) >= 11 is 0. The molecule has 82 valence electrons. The molecule has 2 rings (SSSR count). The Labute approximate surface area is 86.9 Å². The van der Waals surface area contributed by atoms with E-state index >= 15 is 0 Å². The quantitative estimate of drug-likeness (QED) is 0.798. The fourth-order valence-corrected chi connectivity index (χ4v) is 1.45. The van der Waals surface area contributed by atoms with Crippen molar-refractivity contribution in [3.63, 3.8) is 0 Å². The van der Waals surface area contributed by atoms with Gasteiger partial charge in [-0.15, -0.1) is 0 Å². The van der Waals surface area contributed by atoms with E-state index in [4.69, 9.17) is 0 Å². The zero-order valence-corrected chi connectivity index (χ0v) is 8.21. The van der Waals surface area contributed by atoms with Gasteiger partial charge in [0.1, 0.15) is 11.6 Å². The van der Waals surface area contributed by atoms with Crippen LogP contribution in [0.15, 0.2) is 18.2 Å². The van der Waals surface area contributed by atoms with Crippen molar-refractivity contribution in [1.29, 1.82) is 0 Å². The highest BCUT2D eigenvalue weighted by Crippen LogP contribution is 2.21. The maximum absolute atomic E-state index is 12.8. The molecule has 2 nitrogen and oxygen atoms in total. The number of hydrogen-bond acceptors (Lipinski definition) is 2. The largest absolute Gasteiger partial charge is 0.387 e. The van der Waals surface area contributed by atoms with Gasteiger partial charge < -0.3 is 10.4 Å². The summed E-state index contributed by atoms with van der Waals surface area (Å²) in [6.07, 6.45) is 1.38. The van der Waals surface area contributed by atoms with Crippen LogP contribution in [-0.4, -0.2) is 17.7 Å². The van der Waals surface area contributed by atoms with Gasteiger partial charge in [0, 0.05) is 18.7 Å². The van der Waals surface area contributed by atoms with Crippen LogP contribution >= 0.6 is 0 Å². The van der Waals surface area contributed by atoms with E-state index in [1.54, 1.807) is 0 Å². The van der Waals surface area contributed by atoms with E-state index in [0.717, 1.165) is 31.0 Å². The molecule has 0 amide bonds. The third-order valence-electron chi connectivity index (χ3n) is 2.45. The maximum Gasteiger partial charge on any atom is 0.126 e. The van der Waals surface area contributed by atoms with E-state index in [9.17, 15) is 13.9 Å². The molecular weight excluding hydrogens is 200 g/mol. The summed E-state index contributed by atoms with van der Waals surface area (Å²) in [7, 11) is 0. The Morgan fingerprint density at radius 3 is 2.40 bits per heavy atom. The van der Waals surface area contributed by atoms with Crippen LogP contribution in [-0.2, 0) is 0 Å². The minimum absolute atomic E-state index is 0.278. The maximum atomic E-state index is 12.8. The molecular formula is C11H13F2NO. The van der Waals surface area contributed by atoms with Gasteiger partial charge in [-0.2, -0.15) is 0 Å². The lowest BCUT2D eigenvalue weighted by atomic mass is 10.1. The fraction of sp³-hybridized carbons (Fsp3) is 0.455. The number of halogens is 2. The van der Waals surface area contributed by atoms with Gasteiger partial charge in [0.2, 0.25) is 0 Å². The molecule has 0 bridgehead atoms. The Hall–Kier alpha value is -1.00. The molecule has 1 unspecified atom stereocenters. The molecule has 2 N–H and O–H groups in total. The summed E-state index contributed by atoms with van der Waals surface area (Å²) in [5.41, 5.74) is 0.278. The van der Waals surface area contributed by atoms with E-state index in [1.165, 1.54) is 0 Å². The van der Waals surface area contributed by atoms with Gasteiger partial charge in [0.05, 0.1) is 6.10 Å². The molecule has 1 atom stereocenters. The molecule has 0 aromatic heterocycles. The third-order valence-corrected chi connectivity index (χ3v) is 2.45. The number of hydrogen-bond donors (Lipinski definition) is 2. The molecule has 1 aliphatic rings. The van der Waals surface area contributed by atoms with E-state index in [0.29, 0.717) is 12.6 Å². The van der Waals surface area contributed by atoms with Crippen molar-refractivity contribution in [3.8, 4) is 0 Å². The molecule has 0 saturated heterocycles. The van der Waals surface area contributed by atoms with Crippen molar-refractivity contribution >= 4 is 0 Å². The van der Waals surface area contributed by atoms with Crippen molar-refractivity contribution < 1.29 is 13.9 Å². The van der Waals surface area contributed by atoms with Crippen LogP contribution < -0.4 is 5.32 Å². The molecule has 0 radical (unpaired) electrons. The van der Waals surface area contributed by atoms with E-state index < -0.39 is 17.7 Å². The van der Waals surface area contributed by atoms with Gasteiger partial charge in [-0.3, -0.25) is 0 Å². The molecule has 1 aliphatic carbocycles. The fourth-order valence-electron chi connectivity index (χ4n) is 1.45. The van der Waals surface area contributed by atoms with Crippen molar-refractivity contribution in [3.05, 3.63) is 35.4 Å². The van der Waals surface area contributed by atoms with Gasteiger partial charge >= 0.3 is 0 Å². The highest BCUT2D eigenvalue weighted by Gasteiger charge is 2.21. The average molecular weight is 213 g/mol. The average Bonchev–Trinajstić information content (AvgIpc) is 2.96. The SMILES string of the molecule is OC(CNC1CC1)c1cc(F)cc(F)c1. The van der Waals surface area contributed by atoms with Gasteiger partial charge in [0.25, 0.3) is 0 Å². The zero-order chi connectivity index (χ0) is 10.8. The first-order valence-corrected chi connectivity index (χ1v) is 5.02. The summed E-state index contributed by atoms with van der Waals surface area (Å²) in [5.74, 6) is -1.31. The first kappa shape index (κ1) is 10.5. The first-order chi connectivity index (χ1) is 7.15. The highest BCUT2D eigenvalue weighted by atomic mass is 19.1. The summed E-state index contributed by atoms with van der Waals surface area (Å²) < 4.78 is 25.7. The molecule has 1 aromatic rings. The topological polar surface area (TPSA) is 32.3 Å². The molecule has 4 heteroatoms. The predicted octanol–water partition coefficient (Wildman–Crippen LogP) is 1.75. The second-order valence-corrected chi connectivity index (χ2v) is 3.90. The number of nitrogens with one attached hydrogen (secondary N) is 1. The Morgan fingerprint density at radius 1 is 1.27 bits per heavy atom. The number of aliphatic hydroxyl groups excluding tert-OH is 1. The Bertz CT molecular complexity index is 332. The van der Waals surface area contributed by atoms with Gasteiger partial charge in [-0.05, 0) is 30.5 Å². The second kappa shape index (κ2) is 4.24. The summed E-state index contributed by atoms with van der Waals surface area (Å²) in [5, 5.41) is 12.7. The summed E-state index contributed by atoms with van der Waals surface area (Å²) in [4.78, 5) is 0. The number of rotatable bonds is 4. The van der Waals surface area contributed by atoms with Crippen LogP contribution in [0.3, 0.4) is 0 Å². The summed E-state index contributed by atoms with van der Waals surface area (Å²) in [6, 6.07) is 3.58. The lowest BCUT2D eigenvalue weighted by molar-refractivity contribution is 0.173. The van der Waals surface area contributed by atoms with Gasteiger partial charge in [-0.1, -0.05) is 0 Å². The standard InChI is InChI=1S/C11H13F2NO/c12-8-3-7(4-9(13)5-8)11(15)6-14-10-1-2-10/h3-5,10-11,14-15H,1-2,6H2. The normalized spacial score (nSPS) is 17.8. The van der Waals surface area contributed by atoms with Gasteiger partial charge in [0.15, 0.2) is 0 Å². The highest BCUT2D eigenvalue weighted by molar-refractivity contribution is 5.20. The third kappa shape index (κ3) is 2.97. The van der Waals surface area contributed by atoms with Crippen molar-refractivity contribution in [2.45, 2.75) is 25.0 Å². The van der Waals surface area contributed by atoms with Crippen LogP contribution in [0.5, 0.6) is 0 Å². The molecule has 15 heavy (non-hydrogen) atoms. The molecule has 0 spiro atoms. The number of benzene rings is 1. The van der Waals surface area contributed by atoms with Crippen LogP contribution in [0.1, 0.15) is 24.5 Å². The summed E-state index contributed by atoms with van der Waals surface area (Å²) in [6.45, 7) is 0.341. The Kier molecular flexibility index (Phi) is 2.98. The van der Waals surface area contributed by atoms with Gasteiger partial charge in [-0.25, -0.2) is 8.78 Å². The van der Waals surface area contributed by atoms with Crippen LogP contribution in [0.2, 0.25) is 0 Å². The minimum atomic E-state index is -0.851. The smallest absolute Gasteiger partial charge is 0.126 e. The van der Waals surface area contributed by atoms with Crippen molar-refractivity contribution in [2.24, 2.45) is 0 Å². The zero-order valence-electron chi connectivity index (χ0n) is 8.21. The second-order valence-electron chi connectivity index (χ2n) is 3.90. The lowest BCUT2D eigenvalue weighted by Crippen LogP contribution is -2.23. The van der Waals surface area contributed by atoms with E-state index in [2.05, 4.69) is 5.32 Å². The lowest BCUT2D eigenvalue weighted by Gasteiger charge is -2.11. The van der Waals surface area contributed by atoms with Crippen molar-refractivity contribution in [1.82, 2.24) is 5.32 Å².